The van der Waals surface area contributed by atoms with Crippen LogP contribution in [0.2, 0.25) is 0 Å². The summed E-state index contributed by atoms with van der Waals surface area (Å²) in [4.78, 5) is 21.2. The van der Waals surface area contributed by atoms with Crippen molar-refractivity contribution >= 4 is 28.7 Å². The predicted octanol–water partition coefficient (Wildman–Crippen LogP) is 0.784. The lowest BCUT2D eigenvalue weighted by Gasteiger charge is -2.17. The zero-order chi connectivity index (χ0) is 17.3. The number of rotatable bonds is 7. The number of benzene rings is 1. The highest BCUT2D eigenvalue weighted by molar-refractivity contribution is 7.88. The van der Waals surface area contributed by atoms with Crippen molar-refractivity contribution in [1.29, 1.82) is 0 Å². The minimum atomic E-state index is -4.24. The Morgan fingerprint density at radius 2 is 2.04 bits per heavy atom. The van der Waals surface area contributed by atoms with Gasteiger partial charge < -0.3 is 14.8 Å². The summed E-state index contributed by atoms with van der Waals surface area (Å²) in [6.45, 7) is 0.191. The van der Waals surface area contributed by atoms with Gasteiger partial charge in [-0.2, -0.15) is 0 Å². The van der Waals surface area contributed by atoms with Crippen LogP contribution >= 0.6 is 7.75 Å². The van der Waals surface area contributed by atoms with E-state index in [9.17, 15) is 13.0 Å². The van der Waals surface area contributed by atoms with Crippen molar-refractivity contribution in [2.45, 2.75) is 12.2 Å². The van der Waals surface area contributed by atoms with Crippen LogP contribution in [0.25, 0.3) is 10.9 Å². The Hall–Kier alpha value is -1.22. The third-order valence-corrected chi connectivity index (χ3v) is 6.07. The lowest BCUT2D eigenvalue weighted by molar-refractivity contribution is 0.293. The van der Waals surface area contributed by atoms with Gasteiger partial charge in [-0.05, 0) is 43.8 Å². The van der Waals surface area contributed by atoms with E-state index in [1.54, 1.807) is 24.4 Å². The van der Waals surface area contributed by atoms with Crippen molar-refractivity contribution < 1.29 is 22.8 Å². The minimum Gasteiger partial charge on any atom is -0.361 e. The highest BCUT2D eigenvalue weighted by atomic mass is 32.2. The molecule has 8 nitrogen and oxygen atoms in total. The molecule has 2 rings (SSSR count). The molecule has 0 spiro atoms. The van der Waals surface area contributed by atoms with Crippen molar-refractivity contribution in [2.24, 2.45) is 0 Å². The highest BCUT2D eigenvalue weighted by Gasteiger charge is 2.20. The second kappa shape index (κ2) is 6.72. The standard InChI is InChI=1S/C13H20N3O5PS/c1-14-23(20,21)9-10-3-4-13-12(7-10)11(8-15-13)5-6-16(2)22(17,18)19/h3-4,7-8,14-15H,5-6,9H2,1-2H3,(H2,17,18,19). The van der Waals surface area contributed by atoms with Gasteiger partial charge in [0.05, 0.1) is 5.75 Å². The zero-order valence-corrected chi connectivity index (χ0v) is 14.6. The molecule has 2 aromatic rings. The topological polar surface area (TPSA) is 123 Å². The molecule has 1 aromatic carbocycles. The summed E-state index contributed by atoms with van der Waals surface area (Å²) in [5, 5.41) is 0.855. The van der Waals surface area contributed by atoms with E-state index >= 15 is 0 Å². The molecular formula is C13H20N3O5PS. The summed E-state index contributed by atoms with van der Waals surface area (Å²) < 4.78 is 37.7. The molecule has 0 aliphatic carbocycles. The number of nitrogens with one attached hydrogen (secondary N) is 2. The molecular weight excluding hydrogens is 341 g/mol. The third-order valence-electron chi connectivity index (χ3n) is 3.65. The molecule has 0 aliphatic heterocycles. The van der Waals surface area contributed by atoms with E-state index in [0.29, 0.717) is 12.0 Å². The van der Waals surface area contributed by atoms with E-state index in [2.05, 4.69) is 9.71 Å². The smallest absolute Gasteiger partial charge is 0.361 e. The van der Waals surface area contributed by atoms with Gasteiger partial charge in [-0.1, -0.05) is 6.07 Å². The van der Waals surface area contributed by atoms with Crippen molar-refractivity contribution in [3.63, 3.8) is 0 Å². The normalized spacial score (nSPS) is 13.1. The van der Waals surface area contributed by atoms with E-state index in [4.69, 9.17) is 9.79 Å². The second-order valence-electron chi connectivity index (χ2n) is 5.30. The van der Waals surface area contributed by atoms with Crippen LogP contribution in [0.3, 0.4) is 0 Å². The van der Waals surface area contributed by atoms with E-state index in [1.807, 2.05) is 0 Å². The number of likely N-dealkylation sites (N-methyl/N-ethyl adjacent to an activating group) is 1. The molecule has 0 saturated heterocycles. The fourth-order valence-electron chi connectivity index (χ4n) is 2.23. The van der Waals surface area contributed by atoms with Crippen LogP contribution < -0.4 is 4.72 Å². The molecule has 0 fully saturated rings. The summed E-state index contributed by atoms with van der Waals surface area (Å²) in [5.41, 5.74) is 2.38. The van der Waals surface area contributed by atoms with Crippen LogP contribution in [0.4, 0.5) is 0 Å². The number of sulfonamides is 1. The molecule has 0 unspecified atom stereocenters. The van der Waals surface area contributed by atoms with Gasteiger partial charge in [0, 0.05) is 23.6 Å². The summed E-state index contributed by atoms with van der Waals surface area (Å²) in [6.07, 6.45) is 2.21. The predicted molar refractivity (Wildman–Crippen MR) is 88.4 cm³/mol. The molecule has 23 heavy (non-hydrogen) atoms. The lowest BCUT2D eigenvalue weighted by atomic mass is 10.1. The number of nitrogens with zero attached hydrogens (tertiary/aromatic N) is 1. The van der Waals surface area contributed by atoms with Crippen LogP contribution in [-0.2, 0) is 26.8 Å². The molecule has 0 bridgehead atoms. The van der Waals surface area contributed by atoms with Crippen LogP contribution in [-0.4, -0.2) is 48.5 Å². The zero-order valence-electron chi connectivity index (χ0n) is 12.9. The van der Waals surface area contributed by atoms with Gasteiger partial charge >= 0.3 is 7.75 Å². The van der Waals surface area contributed by atoms with Gasteiger partial charge in [-0.3, -0.25) is 0 Å². The number of aromatic nitrogens is 1. The maximum atomic E-state index is 11.6. The summed E-state index contributed by atoms with van der Waals surface area (Å²) in [7, 11) is -4.86. The average molecular weight is 361 g/mol. The Labute approximate surface area is 134 Å². The molecule has 1 heterocycles. The van der Waals surface area contributed by atoms with Gasteiger partial charge in [0.15, 0.2) is 0 Å². The van der Waals surface area contributed by atoms with Gasteiger partial charge in [0.25, 0.3) is 0 Å². The number of fused-ring (bicyclic) bond motifs is 1. The Bertz CT molecular complexity index is 842. The molecule has 0 amide bonds. The van der Waals surface area contributed by atoms with Crippen molar-refractivity contribution in [3.8, 4) is 0 Å². The fourth-order valence-corrected chi connectivity index (χ4v) is 3.35. The van der Waals surface area contributed by atoms with Gasteiger partial charge in [0.1, 0.15) is 0 Å². The molecule has 1 aromatic heterocycles. The van der Waals surface area contributed by atoms with Crippen molar-refractivity contribution in [2.75, 3.05) is 20.6 Å². The largest absolute Gasteiger partial charge is 0.402 e. The SMILES string of the molecule is CNS(=O)(=O)Cc1ccc2[nH]cc(CCN(C)P(=O)(O)O)c2c1. The molecule has 0 saturated carbocycles. The maximum absolute atomic E-state index is 11.6. The van der Waals surface area contributed by atoms with E-state index < -0.39 is 17.8 Å². The molecule has 0 radical (unpaired) electrons. The first kappa shape index (κ1) is 18.1. The quantitative estimate of drug-likeness (QED) is 0.541. The average Bonchev–Trinajstić information content (AvgIpc) is 2.85. The third kappa shape index (κ3) is 4.63. The molecule has 0 atom stereocenters. The lowest BCUT2D eigenvalue weighted by Crippen LogP contribution is -2.20. The second-order valence-corrected chi connectivity index (χ2v) is 8.94. The van der Waals surface area contributed by atoms with Crippen LogP contribution in [0.15, 0.2) is 24.4 Å². The Balaban J connectivity index is 2.23. The molecule has 0 aliphatic rings. The highest BCUT2D eigenvalue weighted by Crippen LogP contribution is 2.38. The molecule has 128 valence electrons. The van der Waals surface area contributed by atoms with Crippen LogP contribution in [0, 0.1) is 0 Å². The van der Waals surface area contributed by atoms with Gasteiger partial charge in [-0.25, -0.2) is 22.4 Å². The number of aromatic amines is 1. The number of H-pyrrole nitrogens is 1. The minimum absolute atomic E-state index is 0.119. The number of hydrogen-bond donors (Lipinski definition) is 4. The number of hydrogen-bond acceptors (Lipinski definition) is 3. The van der Waals surface area contributed by atoms with Gasteiger partial charge in [-0.15, -0.1) is 0 Å². The fraction of sp³-hybridized carbons (Fsp3) is 0.385. The van der Waals surface area contributed by atoms with E-state index in [1.165, 1.54) is 14.1 Å². The Morgan fingerprint density at radius 3 is 2.65 bits per heavy atom. The summed E-state index contributed by atoms with van der Waals surface area (Å²) in [6, 6.07) is 5.32. The van der Waals surface area contributed by atoms with Crippen LogP contribution in [0.1, 0.15) is 11.1 Å². The molecule has 10 heteroatoms. The van der Waals surface area contributed by atoms with Gasteiger partial charge in [0.2, 0.25) is 10.0 Å². The van der Waals surface area contributed by atoms with E-state index in [-0.39, 0.29) is 12.3 Å². The summed E-state index contributed by atoms with van der Waals surface area (Å²) in [5.74, 6) is -0.119. The monoisotopic (exact) mass is 361 g/mol. The first-order chi connectivity index (χ1) is 10.6. The first-order valence-electron chi connectivity index (χ1n) is 6.89. The summed E-state index contributed by atoms with van der Waals surface area (Å²) >= 11 is 0. The van der Waals surface area contributed by atoms with Crippen LogP contribution in [0.5, 0.6) is 0 Å². The van der Waals surface area contributed by atoms with Crippen molar-refractivity contribution in [1.82, 2.24) is 14.4 Å². The Morgan fingerprint density at radius 1 is 1.35 bits per heavy atom. The maximum Gasteiger partial charge on any atom is 0.402 e. The van der Waals surface area contributed by atoms with E-state index in [0.717, 1.165) is 21.1 Å². The Kier molecular flexibility index (Phi) is 5.30. The van der Waals surface area contributed by atoms with Crippen molar-refractivity contribution in [3.05, 3.63) is 35.5 Å². The molecule has 4 N–H and O–H groups in total. The first-order valence-corrected chi connectivity index (χ1v) is 10.1.